The highest BCUT2D eigenvalue weighted by atomic mass is 79.9. The first kappa shape index (κ1) is 15.1. The van der Waals surface area contributed by atoms with Crippen LogP contribution >= 0.6 is 15.9 Å². The third-order valence-corrected chi connectivity index (χ3v) is 4.08. The van der Waals surface area contributed by atoms with E-state index in [1.807, 2.05) is 36.4 Å². The SMILES string of the molecule is CCC(C)c1ccccc1Oc1ccc(CO)cc1Br. The minimum atomic E-state index is 0.0301. The monoisotopic (exact) mass is 334 g/mol. The number of halogens is 1. The van der Waals surface area contributed by atoms with E-state index in [4.69, 9.17) is 9.84 Å². The topological polar surface area (TPSA) is 29.5 Å². The van der Waals surface area contributed by atoms with Crippen molar-refractivity contribution >= 4 is 15.9 Å². The zero-order valence-electron chi connectivity index (χ0n) is 11.8. The van der Waals surface area contributed by atoms with E-state index in [2.05, 4.69) is 35.8 Å². The van der Waals surface area contributed by atoms with Gasteiger partial charge in [0.15, 0.2) is 0 Å². The molecule has 2 rings (SSSR count). The lowest BCUT2D eigenvalue weighted by Crippen LogP contribution is -1.96. The van der Waals surface area contributed by atoms with Crippen LogP contribution in [0.25, 0.3) is 0 Å². The van der Waals surface area contributed by atoms with E-state index in [9.17, 15) is 0 Å². The first-order valence-electron chi connectivity index (χ1n) is 6.81. The maximum atomic E-state index is 9.13. The molecule has 0 radical (unpaired) electrons. The number of aliphatic hydroxyl groups excluding tert-OH is 1. The summed E-state index contributed by atoms with van der Waals surface area (Å²) in [5.41, 5.74) is 2.08. The predicted octanol–water partition coefficient (Wildman–Crippen LogP) is 5.25. The van der Waals surface area contributed by atoms with Gasteiger partial charge in [-0.1, -0.05) is 38.1 Å². The summed E-state index contributed by atoms with van der Waals surface area (Å²) in [7, 11) is 0. The van der Waals surface area contributed by atoms with Gasteiger partial charge in [-0.3, -0.25) is 0 Å². The molecule has 1 unspecified atom stereocenters. The molecular formula is C17H19BrO2. The Hall–Kier alpha value is -1.32. The second-order valence-electron chi connectivity index (χ2n) is 4.87. The highest BCUT2D eigenvalue weighted by Crippen LogP contribution is 2.35. The molecule has 2 aromatic carbocycles. The molecule has 0 saturated carbocycles. The van der Waals surface area contributed by atoms with Crippen molar-refractivity contribution in [3.05, 3.63) is 58.1 Å². The number of aliphatic hydroxyl groups is 1. The Morgan fingerprint density at radius 1 is 1.15 bits per heavy atom. The van der Waals surface area contributed by atoms with Crippen LogP contribution < -0.4 is 4.74 Å². The molecule has 0 aromatic heterocycles. The van der Waals surface area contributed by atoms with Crippen LogP contribution in [0.4, 0.5) is 0 Å². The number of hydrogen-bond donors (Lipinski definition) is 1. The number of para-hydroxylation sites is 1. The Balaban J connectivity index is 2.30. The van der Waals surface area contributed by atoms with E-state index in [0.29, 0.717) is 5.92 Å². The Labute approximate surface area is 128 Å². The molecule has 0 bridgehead atoms. The standard InChI is InChI=1S/C17H19BrO2/c1-3-12(2)14-6-4-5-7-16(14)20-17-9-8-13(11-19)10-15(17)18/h4-10,12,19H,3,11H2,1-2H3. The Morgan fingerprint density at radius 3 is 2.55 bits per heavy atom. The first-order valence-corrected chi connectivity index (χ1v) is 7.61. The average molecular weight is 335 g/mol. The maximum Gasteiger partial charge on any atom is 0.141 e. The van der Waals surface area contributed by atoms with Crippen molar-refractivity contribution in [2.75, 3.05) is 0 Å². The zero-order valence-corrected chi connectivity index (χ0v) is 13.4. The van der Waals surface area contributed by atoms with Crippen molar-refractivity contribution < 1.29 is 9.84 Å². The van der Waals surface area contributed by atoms with Gasteiger partial charge in [0.1, 0.15) is 11.5 Å². The van der Waals surface area contributed by atoms with Gasteiger partial charge in [-0.25, -0.2) is 0 Å². The van der Waals surface area contributed by atoms with Crippen LogP contribution in [0, 0.1) is 0 Å². The number of hydrogen-bond acceptors (Lipinski definition) is 2. The summed E-state index contributed by atoms with van der Waals surface area (Å²) in [6.07, 6.45) is 1.07. The van der Waals surface area contributed by atoms with Crippen molar-refractivity contribution in [1.82, 2.24) is 0 Å². The molecule has 1 N–H and O–H groups in total. The predicted molar refractivity (Wildman–Crippen MR) is 85.3 cm³/mol. The molecule has 2 aromatic rings. The first-order chi connectivity index (χ1) is 9.65. The van der Waals surface area contributed by atoms with Crippen molar-refractivity contribution in [3.8, 4) is 11.5 Å². The van der Waals surface area contributed by atoms with Crippen LogP contribution in [0.3, 0.4) is 0 Å². The molecule has 3 heteroatoms. The van der Waals surface area contributed by atoms with E-state index in [-0.39, 0.29) is 6.61 Å². The van der Waals surface area contributed by atoms with Crippen LogP contribution in [0.5, 0.6) is 11.5 Å². The van der Waals surface area contributed by atoms with Gasteiger partial charge < -0.3 is 9.84 Å². The van der Waals surface area contributed by atoms with Crippen molar-refractivity contribution in [2.24, 2.45) is 0 Å². The normalized spacial score (nSPS) is 12.2. The number of ether oxygens (including phenoxy) is 1. The molecule has 20 heavy (non-hydrogen) atoms. The van der Waals surface area contributed by atoms with Crippen LogP contribution in [-0.4, -0.2) is 5.11 Å². The highest BCUT2D eigenvalue weighted by Gasteiger charge is 2.11. The lowest BCUT2D eigenvalue weighted by molar-refractivity contribution is 0.281. The lowest BCUT2D eigenvalue weighted by atomic mass is 9.98. The zero-order chi connectivity index (χ0) is 14.5. The Morgan fingerprint density at radius 2 is 1.90 bits per heavy atom. The molecule has 0 spiro atoms. The summed E-state index contributed by atoms with van der Waals surface area (Å²) in [6.45, 7) is 4.40. The molecule has 2 nitrogen and oxygen atoms in total. The molecular weight excluding hydrogens is 316 g/mol. The smallest absolute Gasteiger partial charge is 0.141 e. The second-order valence-corrected chi connectivity index (χ2v) is 5.73. The molecule has 0 saturated heterocycles. The van der Waals surface area contributed by atoms with Gasteiger partial charge >= 0.3 is 0 Å². The van der Waals surface area contributed by atoms with Gasteiger partial charge in [0, 0.05) is 0 Å². The van der Waals surface area contributed by atoms with Gasteiger partial charge in [0.2, 0.25) is 0 Å². The lowest BCUT2D eigenvalue weighted by Gasteiger charge is -2.16. The fourth-order valence-corrected chi connectivity index (χ4v) is 2.55. The molecule has 0 aliphatic rings. The maximum absolute atomic E-state index is 9.13. The van der Waals surface area contributed by atoms with E-state index >= 15 is 0 Å². The third kappa shape index (κ3) is 3.41. The van der Waals surface area contributed by atoms with Crippen LogP contribution in [0.1, 0.15) is 37.3 Å². The minimum Gasteiger partial charge on any atom is -0.456 e. The molecule has 1 atom stereocenters. The van der Waals surface area contributed by atoms with Crippen LogP contribution in [-0.2, 0) is 6.61 Å². The largest absolute Gasteiger partial charge is 0.456 e. The van der Waals surface area contributed by atoms with Crippen LogP contribution in [0.15, 0.2) is 46.9 Å². The van der Waals surface area contributed by atoms with Gasteiger partial charge in [-0.05, 0) is 57.6 Å². The van der Waals surface area contributed by atoms with Crippen molar-refractivity contribution in [2.45, 2.75) is 32.8 Å². The molecule has 106 valence electrons. The van der Waals surface area contributed by atoms with Gasteiger partial charge in [0.05, 0.1) is 11.1 Å². The van der Waals surface area contributed by atoms with E-state index in [0.717, 1.165) is 28.0 Å². The third-order valence-electron chi connectivity index (χ3n) is 3.46. The van der Waals surface area contributed by atoms with Gasteiger partial charge in [0.25, 0.3) is 0 Å². The summed E-state index contributed by atoms with van der Waals surface area (Å²) < 4.78 is 6.88. The second kappa shape index (κ2) is 6.91. The number of benzene rings is 2. The summed E-state index contributed by atoms with van der Waals surface area (Å²) in [5, 5.41) is 9.13. The fraction of sp³-hybridized carbons (Fsp3) is 0.294. The Bertz CT molecular complexity index is 581. The van der Waals surface area contributed by atoms with Crippen LogP contribution in [0.2, 0.25) is 0 Å². The highest BCUT2D eigenvalue weighted by molar-refractivity contribution is 9.10. The summed E-state index contributed by atoms with van der Waals surface area (Å²) >= 11 is 3.49. The minimum absolute atomic E-state index is 0.0301. The summed E-state index contributed by atoms with van der Waals surface area (Å²) in [5.74, 6) is 2.11. The molecule has 0 aliphatic heterocycles. The molecule has 0 aliphatic carbocycles. The molecule has 0 heterocycles. The fourth-order valence-electron chi connectivity index (χ4n) is 2.04. The van der Waals surface area contributed by atoms with E-state index in [1.54, 1.807) is 0 Å². The molecule has 0 fully saturated rings. The molecule has 0 amide bonds. The average Bonchev–Trinajstić information content (AvgIpc) is 2.49. The quantitative estimate of drug-likeness (QED) is 0.809. The van der Waals surface area contributed by atoms with Crippen molar-refractivity contribution in [1.29, 1.82) is 0 Å². The van der Waals surface area contributed by atoms with E-state index < -0.39 is 0 Å². The summed E-state index contributed by atoms with van der Waals surface area (Å²) in [6, 6.07) is 13.7. The van der Waals surface area contributed by atoms with Gasteiger partial charge in [-0.15, -0.1) is 0 Å². The summed E-state index contributed by atoms with van der Waals surface area (Å²) in [4.78, 5) is 0. The van der Waals surface area contributed by atoms with Crippen molar-refractivity contribution in [3.63, 3.8) is 0 Å². The Kier molecular flexibility index (Phi) is 5.21. The number of rotatable bonds is 5. The van der Waals surface area contributed by atoms with E-state index in [1.165, 1.54) is 5.56 Å². The van der Waals surface area contributed by atoms with Gasteiger partial charge in [-0.2, -0.15) is 0 Å².